The lowest BCUT2D eigenvalue weighted by molar-refractivity contribution is -0.213. The van der Waals surface area contributed by atoms with Gasteiger partial charge in [0.1, 0.15) is 17.5 Å². The minimum atomic E-state index is -1.22. The van der Waals surface area contributed by atoms with Gasteiger partial charge in [0.25, 0.3) is 0 Å². The van der Waals surface area contributed by atoms with Crippen molar-refractivity contribution in [1.29, 1.82) is 0 Å². The fourth-order valence-corrected chi connectivity index (χ4v) is 8.15. The van der Waals surface area contributed by atoms with Gasteiger partial charge in [-0.1, -0.05) is 19.9 Å². The number of carboxylic acids is 1. The summed E-state index contributed by atoms with van der Waals surface area (Å²) in [5, 5.41) is 20.5. The Morgan fingerprint density at radius 1 is 1.21 bits per heavy atom. The van der Waals surface area contributed by atoms with Crippen molar-refractivity contribution in [2.75, 3.05) is 0 Å². The first-order valence-electron chi connectivity index (χ1n) is 11.8. The average Bonchev–Trinajstić information content (AvgIpc) is 3.31. The van der Waals surface area contributed by atoms with Crippen molar-refractivity contribution in [3.63, 3.8) is 0 Å². The SMILES string of the molecule is CC(C)(O)C1CC(=O)C2(C)C(CC[C@@]3(C)[C@H](c4ccoc4)OC(=O)C4OC423)C1(C)/C=C/C(=O)O. The number of carbonyl (C=O) groups excluding carboxylic acids is 2. The first-order valence-corrected chi connectivity index (χ1v) is 11.8. The molecule has 2 aliphatic carbocycles. The number of Topliss-reactive ketones (excluding diaryl/α,β-unsaturated/α-hetero) is 1. The number of allylic oxidation sites excluding steroid dienone is 1. The van der Waals surface area contributed by atoms with Crippen molar-refractivity contribution in [3.8, 4) is 0 Å². The molecule has 0 amide bonds. The maximum atomic E-state index is 14.1. The third-order valence-electron chi connectivity index (χ3n) is 9.67. The fraction of sp³-hybridized carbons (Fsp3) is 0.654. The number of ketones is 1. The molecule has 3 heterocycles. The highest BCUT2D eigenvalue weighted by Crippen LogP contribution is 2.78. The normalized spacial score (nSPS) is 45.8. The monoisotopic (exact) mass is 472 g/mol. The summed E-state index contributed by atoms with van der Waals surface area (Å²) in [6.45, 7) is 9.13. The summed E-state index contributed by atoms with van der Waals surface area (Å²) in [5.74, 6) is -2.50. The maximum Gasteiger partial charge on any atom is 0.339 e. The van der Waals surface area contributed by atoms with Crippen LogP contribution in [0.15, 0.2) is 35.2 Å². The van der Waals surface area contributed by atoms with Gasteiger partial charge in [-0.25, -0.2) is 9.59 Å². The molecule has 34 heavy (non-hydrogen) atoms. The topological polar surface area (TPSA) is 127 Å². The number of aliphatic carboxylic acids is 1. The molecule has 0 bridgehead atoms. The molecule has 2 saturated carbocycles. The number of hydrogen-bond acceptors (Lipinski definition) is 7. The van der Waals surface area contributed by atoms with E-state index in [0.29, 0.717) is 12.8 Å². The van der Waals surface area contributed by atoms with Crippen molar-refractivity contribution < 1.29 is 38.5 Å². The Labute approximate surface area is 198 Å². The van der Waals surface area contributed by atoms with Gasteiger partial charge in [0.2, 0.25) is 0 Å². The van der Waals surface area contributed by atoms with E-state index in [-0.39, 0.29) is 18.1 Å². The Morgan fingerprint density at radius 3 is 2.50 bits per heavy atom. The predicted molar refractivity (Wildman–Crippen MR) is 118 cm³/mol. The third-order valence-corrected chi connectivity index (χ3v) is 9.67. The van der Waals surface area contributed by atoms with E-state index in [2.05, 4.69) is 0 Å². The molecule has 2 N–H and O–H groups in total. The molecule has 8 nitrogen and oxygen atoms in total. The van der Waals surface area contributed by atoms with Gasteiger partial charge in [0.15, 0.2) is 6.10 Å². The highest BCUT2D eigenvalue weighted by molar-refractivity contribution is 5.93. The Bertz CT molecular complexity index is 1080. The van der Waals surface area contributed by atoms with Crippen LogP contribution in [-0.2, 0) is 23.9 Å². The zero-order valence-electron chi connectivity index (χ0n) is 20.2. The van der Waals surface area contributed by atoms with Gasteiger partial charge in [-0.2, -0.15) is 0 Å². The van der Waals surface area contributed by atoms with E-state index in [0.717, 1.165) is 11.6 Å². The van der Waals surface area contributed by atoms with Gasteiger partial charge in [-0.15, -0.1) is 0 Å². The van der Waals surface area contributed by atoms with Crippen molar-refractivity contribution in [2.45, 2.75) is 77.3 Å². The fourth-order valence-electron chi connectivity index (χ4n) is 8.15. The molecule has 2 aliphatic heterocycles. The summed E-state index contributed by atoms with van der Waals surface area (Å²) in [5.41, 5.74) is -4.17. The molecule has 1 aromatic heterocycles. The van der Waals surface area contributed by atoms with Crippen LogP contribution >= 0.6 is 0 Å². The van der Waals surface area contributed by atoms with Crippen molar-refractivity contribution in [3.05, 3.63) is 36.3 Å². The van der Waals surface area contributed by atoms with E-state index in [1.807, 2.05) is 20.8 Å². The zero-order valence-corrected chi connectivity index (χ0v) is 20.2. The van der Waals surface area contributed by atoms with E-state index in [1.54, 1.807) is 32.3 Å². The molecule has 184 valence electrons. The second kappa shape index (κ2) is 6.82. The van der Waals surface area contributed by atoms with E-state index >= 15 is 0 Å². The summed E-state index contributed by atoms with van der Waals surface area (Å²) >= 11 is 0. The van der Waals surface area contributed by atoms with Crippen LogP contribution in [0.2, 0.25) is 0 Å². The number of carboxylic acid groups (broad SMARTS) is 1. The first-order chi connectivity index (χ1) is 15.7. The van der Waals surface area contributed by atoms with Crippen LogP contribution in [0, 0.1) is 28.1 Å². The number of rotatable bonds is 4. The molecular weight excluding hydrogens is 440 g/mol. The van der Waals surface area contributed by atoms with E-state index in [9.17, 15) is 24.6 Å². The highest BCUT2D eigenvalue weighted by atomic mass is 16.7. The molecule has 1 aromatic rings. The lowest BCUT2D eigenvalue weighted by Gasteiger charge is -2.65. The van der Waals surface area contributed by atoms with Gasteiger partial charge in [-0.05, 0) is 51.0 Å². The summed E-state index contributed by atoms with van der Waals surface area (Å²) in [7, 11) is 0. The van der Waals surface area contributed by atoms with Gasteiger partial charge in [-0.3, -0.25) is 4.79 Å². The molecule has 2 saturated heterocycles. The summed E-state index contributed by atoms with van der Waals surface area (Å²) in [6, 6.07) is 1.76. The number of esters is 1. The maximum absolute atomic E-state index is 14.1. The molecule has 1 spiro atoms. The number of cyclic esters (lactones) is 1. The van der Waals surface area contributed by atoms with Crippen LogP contribution in [0.1, 0.15) is 65.5 Å². The molecule has 8 atom stereocenters. The summed E-state index contributed by atoms with van der Waals surface area (Å²) in [4.78, 5) is 38.6. The third kappa shape index (κ3) is 2.64. The number of carbonyl (C=O) groups is 3. The lowest BCUT2D eigenvalue weighted by atomic mass is 9.37. The average molecular weight is 473 g/mol. The number of hydrogen-bond donors (Lipinski definition) is 2. The predicted octanol–water partition coefficient (Wildman–Crippen LogP) is 3.44. The van der Waals surface area contributed by atoms with Gasteiger partial charge in [0, 0.05) is 29.4 Å². The molecular formula is C26H32O8. The van der Waals surface area contributed by atoms with Crippen LogP contribution in [0.3, 0.4) is 0 Å². The highest BCUT2D eigenvalue weighted by Gasteiger charge is 2.88. The molecule has 0 radical (unpaired) electrons. The van der Waals surface area contributed by atoms with Crippen LogP contribution in [0.4, 0.5) is 0 Å². The standard InChI is InChI=1S/C26H32O8/c1-22(2,31)16-12-17(27)25(5)15(23(16,3)9-7-18(28)29)6-10-24(4)19(14-8-11-32-13-14)33-21(30)20-26(24,25)34-20/h7-9,11,13,15-16,19-20,31H,6,10,12H2,1-5H3,(H,28,29)/b9-7+/t15?,16?,19-,20?,23?,24-,25?,26?/m0/s1. The van der Waals surface area contributed by atoms with Crippen LogP contribution in [-0.4, -0.2) is 45.2 Å². The quantitative estimate of drug-likeness (QED) is 0.388. The lowest BCUT2D eigenvalue weighted by Crippen LogP contribution is -2.71. The number of ether oxygens (including phenoxy) is 2. The smallest absolute Gasteiger partial charge is 0.339 e. The second-order valence-corrected chi connectivity index (χ2v) is 11.7. The van der Waals surface area contributed by atoms with Gasteiger partial charge in [0.05, 0.1) is 23.5 Å². The van der Waals surface area contributed by atoms with E-state index in [4.69, 9.17) is 13.9 Å². The van der Waals surface area contributed by atoms with E-state index < -0.39 is 57.5 Å². The van der Waals surface area contributed by atoms with Crippen LogP contribution in [0.25, 0.3) is 0 Å². The minimum absolute atomic E-state index is 0.0519. The Hall–Kier alpha value is -2.45. The number of aliphatic hydroxyl groups is 1. The van der Waals surface area contributed by atoms with Crippen LogP contribution in [0.5, 0.6) is 0 Å². The van der Waals surface area contributed by atoms with E-state index in [1.165, 1.54) is 6.26 Å². The summed E-state index contributed by atoms with van der Waals surface area (Å²) < 4.78 is 17.4. The molecule has 0 aromatic carbocycles. The zero-order chi connectivity index (χ0) is 24.9. The molecule has 4 fully saturated rings. The number of furan rings is 1. The Kier molecular flexibility index (Phi) is 4.67. The van der Waals surface area contributed by atoms with Crippen molar-refractivity contribution in [1.82, 2.24) is 0 Å². The number of epoxide rings is 1. The minimum Gasteiger partial charge on any atom is -0.478 e. The summed E-state index contributed by atoms with van der Waals surface area (Å²) in [6.07, 6.45) is 5.56. The number of fused-ring (bicyclic) bond motifs is 1. The largest absolute Gasteiger partial charge is 0.478 e. The second-order valence-electron chi connectivity index (χ2n) is 11.7. The molecule has 4 aliphatic rings. The first kappa shape index (κ1) is 23.3. The molecule has 6 unspecified atom stereocenters. The Morgan fingerprint density at radius 2 is 1.91 bits per heavy atom. The molecule has 8 heteroatoms. The Balaban J connectivity index is 1.69. The van der Waals surface area contributed by atoms with Crippen molar-refractivity contribution in [2.24, 2.45) is 28.1 Å². The van der Waals surface area contributed by atoms with Crippen LogP contribution < -0.4 is 0 Å². The van der Waals surface area contributed by atoms with Gasteiger partial charge < -0.3 is 24.1 Å². The van der Waals surface area contributed by atoms with Gasteiger partial charge >= 0.3 is 11.9 Å². The molecule has 5 rings (SSSR count). The van der Waals surface area contributed by atoms with Crippen molar-refractivity contribution >= 4 is 17.7 Å².